The van der Waals surface area contributed by atoms with Gasteiger partial charge in [-0.1, -0.05) is 22.0 Å². The van der Waals surface area contributed by atoms with Crippen LogP contribution in [0.1, 0.15) is 4.88 Å². The zero-order chi connectivity index (χ0) is 11.8. The largest absolute Gasteiger partial charge is 0.398 e. The molecule has 0 spiro atoms. The first kappa shape index (κ1) is 13.5. The van der Waals surface area contributed by atoms with Gasteiger partial charge in [-0.15, -0.1) is 23.7 Å². The molecule has 0 saturated heterocycles. The molecule has 0 radical (unpaired) electrons. The Balaban J connectivity index is 0.00000120. The van der Waals surface area contributed by atoms with Crippen LogP contribution in [0, 0.1) is 0 Å². The Morgan fingerprint density at radius 1 is 1.22 bits per heavy atom. The smallest absolute Gasteiger partial charge is 0.0570 e. The number of thiophene rings is 1. The van der Waals surface area contributed by atoms with Crippen molar-refractivity contribution < 1.29 is 0 Å². The van der Waals surface area contributed by atoms with Gasteiger partial charge in [0.2, 0.25) is 0 Å². The van der Waals surface area contributed by atoms with Gasteiger partial charge < -0.3 is 10.3 Å². The van der Waals surface area contributed by atoms with Crippen LogP contribution in [0.4, 0.5) is 5.69 Å². The fourth-order valence-corrected chi connectivity index (χ4v) is 3.07. The molecule has 0 bridgehead atoms. The molecule has 5 heteroatoms. The van der Waals surface area contributed by atoms with Crippen LogP contribution < -0.4 is 5.73 Å². The van der Waals surface area contributed by atoms with Crippen molar-refractivity contribution in [2.24, 2.45) is 0 Å². The highest BCUT2D eigenvalue weighted by molar-refractivity contribution is 9.10. The van der Waals surface area contributed by atoms with Gasteiger partial charge in [-0.2, -0.15) is 0 Å². The lowest BCUT2D eigenvalue weighted by Gasteiger charge is -2.03. The molecule has 2 N–H and O–H groups in total. The molecule has 3 rings (SSSR count). The van der Waals surface area contributed by atoms with Crippen molar-refractivity contribution >= 4 is 56.3 Å². The van der Waals surface area contributed by atoms with Gasteiger partial charge in [-0.25, -0.2) is 0 Å². The summed E-state index contributed by atoms with van der Waals surface area (Å²) in [6.45, 7) is 0.877. The van der Waals surface area contributed by atoms with E-state index in [2.05, 4.69) is 51.0 Å². The van der Waals surface area contributed by atoms with Crippen LogP contribution in [0.15, 0.2) is 46.4 Å². The minimum atomic E-state index is 0. The topological polar surface area (TPSA) is 30.9 Å². The minimum absolute atomic E-state index is 0. The summed E-state index contributed by atoms with van der Waals surface area (Å²) in [7, 11) is 0. The van der Waals surface area contributed by atoms with Gasteiger partial charge in [-0.3, -0.25) is 0 Å². The first-order valence-electron chi connectivity index (χ1n) is 5.30. The summed E-state index contributed by atoms with van der Waals surface area (Å²) in [6.07, 6.45) is 2.12. The number of benzene rings is 1. The highest BCUT2D eigenvalue weighted by Crippen LogP contribution is 2.24. The Kier molecular flexibility index (Phi) is 4.00. The molecule has 0 atom stereocenters. The molecule has 2 aromatic heterocycles. The lowest BCUT2D eigenvalue weighted by atomic mass is 10.2. The van der Waals surface area contributed by atoms with Gasteiger partial charge in [0, 0.05) is 32.1 Å². The average Bonchev–Trinajstić information content (AvgIpc) is 2.87. The van der Waals surface area contributed by atoms with E-state index in [0.29, 0.717) is 0 Å². The molecule has 0 aliphatic carbocycles. The van der Waals surface area contributed by atoms with E-state index >= 15 is 0 Å². The second-order valence-electron chi connectivity index (χ2n) is 3.99. The molecule has 0 saturated carbocycles. The summed E-state index contributed by atoms with van der Waals surface area (Å²) in [5.74, 6) is 0. The third-order valence-corrected chi connectivity index (χ3v) is 4.17. The third-order valence-electron chi connectivity index (χ3n) is 2.74. The van der Waals surface area contributed by atoms with Crippen LogP contribution in [-0.2, 0) is 6.54 Å². The maximum Gasteiger partial charge on any atom is 0.0570 e. The van der Waals surface area contributed by atoms with Gasteiger partial charge in [0.05, 0.1) is 6.54 Å². The number of anilines is 1. The standard InChI is InChI=1S/C13H11BrN2S.ClH/c14-10-2-1-9-3-4-16(13(9)5-10)7-12-6-11(15)8-17-12;/h1-6,8H,7,15H2;1H. The normalized spacial score (nSPS) is 10.5. The number of hydrogen-bond donors (Lipinski definition) is 1. The summed E-state index contributed by atoms with van der Waals surface area (Å²) in [5.41, 5.74) is 7.83. The maximum absolute atomic E-state index is 5.74. The maximum atomic E-state index is 5.74. The lowest BCUT2D eigenvalue weighted by Crippen LogP contribution is -1.95. The molecule has 2 nitrogen and oxygen atoms in total. The van der Waals surface area contributed by atoms with E-state index < -0.39 is 0 Å². The van der Waals surface area contributed by atoms with Crippen molar-refractivity contribution in [3.8, 4) is 0 Å². The van der Waals surface area contributed by atoms with Crippen molar-refractivity contribution in [2.75, 3.05) is 5.73 Å². The monoisotopic (exact) mass is 342 g/mol. The van der Waals surface area contributed by atoms with Crippen LogP contribution in [0.2, 0.25) is 0 Å². The summed E-state index contributed by atoms with van der Waals surface area (Å²) in [6, 6.07) is 10.5. The molecular weight excluding hydrogens is 332 g/mol. The number of halogens is 2. The Morgan fingerprint density at radius 3 is 2.78 bits per heavy atom. The van der Waals surface area contributed by atoms with E-state index in [1.807, 2.05) is 11.4 Å². The van der Waals surface area contributed by atoms with E-state index in [0.717, 1.165) is 16.7 Å². The molecule has 0 amide bonds. The van der Waals surface area contributed by atoms with Gasteiger partial charge >= 0.3 is 0 Å². The van der Waals surface area contributed by atoms with Crippen molar-refractivity contribution in [1.82, 2.24) is 4.57 Å². The minimum Gasteiger partial charge on any atom is -0.398 e. The number of fused-ring (bicyclic) bond motifs is 1. The van der Waals surface area contributed by atoms with E-state index in [1.165, 1.54) is 15.8 Å². The zero-order valence-corrected chi connectivity index (χ0v) is 12.7. The van der Waals surface area contributed by atoms with Crippen LogP contribution in [0.3, 0.4) is 0 Å². The molecule has 1 aromatic carbocycles. The van der Waals surface area contributed by atoms with E-state index in [1.54, 1.807) is 11.3 Å². The molecule has 3 aromatic rings. The number of rotatable bonds is 2. The average molecular weight is 344 g/mol. The van der Waals surface area contributed by atoms with E-state index in [-0.39, 0.29) is 12.4 Å². The van der Waals surface area contributed by atoms with Crippen molar-refractivity contribution in [1.29, 1.82) is 0 Å². The first-order chi connectivity index (χ1) is 8.22. The van der Waals surface area contributed by atoms with Crippen LogP contribution in [-0.4, -0.2) is 4.57 Å². The molecule has 0 unspecified atom stereocenters. The fraction of sp³-hybridized carbons (Fsp3) is 0.0769. The van der Waals surface area contributed by atoms with E-state index in [4.69, 9.17) is 5.73 Å². The second-order valence-corrected chi connectivity index (χ2v) is 5.90. The predicted molar refractivity (Wildman–Crippen MR) is 84.7 cm³/mol. The molecule has 18 heavy (non-hydrogen) atoms. The van der Waals surface area contributed by atoms with Gasteiger partial charge in [0.25, 0.3) is 0 Å². The zero-order valence-electron chi connectivity index (χ0n) is 9.47. The Morgan fingerprint density at radius 2 is 2.06 bits per heavy atom. The van der Waals surface area contributed by atoms with Gasteiger partial charge in [0.15, 0.2) is 0 Å². The Bertz CT molecular complexity index is 674. The Labute approximate surface area is 124 Å². The summed E-state index contributed by atoms with van der Waals surface area (Å²) >= 11 is 5.21. The molecule has 0 fully saturated rings. The van der Waals surface area contributed by atoms with Crippen LogP contribution >= 0.6 is 39.7 Å². The van der Waals surface area contributed by atoms with Crippen LogP contribution in [0.25, 0.3) is 10.9 Å². The van der Waals surface area contributed by atoms with Crippen LogP contribution in [0.5, 0.6) is 0 Å². The number of hydrogen-bond acceptors (Lipinski definition) is 2. The van der Waals surface area contributed by atoms with Gasteiger partial charge in [0.1, 0.15) is 0 Å². The van der Waals surface area contributed by atoms with Gasteiger partial charge in [-0.05, 0) is 29.7 Å². The number of nitrogens with zero attached hydrogens (tertiary/aromatic N) is 1. The summed E-state index contributed by atoms with van der Waals surface area (Å²) < 4.78 is 3.35. The molecule has 2 heterocycles. The van der Waals surface area contributed by atoms with E-state index in [9.17, 15) is 0 Å². The number of nitrogen functional groups attached to an aromatic ring is 1. The summed E-state index contributed by atoms with van der Waals surface area (Å²) in [4.78, 5) is 1.28. The van der Waals surface area contributed by atoms with Crippen molar-refractivity contribution in [3.63, 3.8) is 0 Å². The lowest BCUT2D eigenvalue weighted by molar-refractivity contribution is 0.851. The number of aromatic nitrogens is 1. The molecule has 0 aliphatic rings. The first-order valence-corrected chi connectivity index (χ1v) is 6.97. The second kappa shape index (κ2) is 5.34. The summed E-state index contributed by atoms with van der Waals surface area (Å²) in [5, 5.41) is 3.24. The highest BCUT2D eigenvalue weighted by atomic mass is 79.9. The highest BCUT2D eigenvalue weighted by Gasteiger charge is 2.03. The molecule has 0 aliphatic heterocycles. The molecule has 94 valence electrons. The SMILES string of the molecule is Cl.Nc1csc(Cn2ccc3ccc(Br)cc32)c1. The Hall–Kier alpha value is -0.970. The fourth-order valence-electron chi connectivity index (χ4n) is 1.94. The van der Waals surface area contributed by atoms with Crippen molar-refractivity contribution in [3.05, 3.63) is 51.3 Å². The molecular formula is C13H12BrClN2S. The quantitative estimate of drug-likeness (QED) is 0.729. The predicted octanol–water partition coefficient (Wildman–Crippen LogP) is 4.52. The number of nitrogens with two attached hydrogens (primary N) is 1. The van der Waals surface area contributed by atoms with Crippen molar-refractivity contribution in [2.45, 2.75) is 6.54 Å². The third kappa shape index (κ3) is 2.55.